The van der Waals surface area contributed by atoms with Crippen molar-refractivity contribution >= 4 is 11.6 Å². The number of amides is 1. The molecule has 1 atom stereocenters. The van der Waals surface area contributed by atoms with Gasteiger partial charge < -0.3 is 20.3 Å². The third-order valence-electron chi connectivity index (χ3n) is 4.82. The summed E-state index contributed by atoms with van der Waals surface area (Å²) in [5.41, 5.74) is 6.97. The van der Waals surface area contributed by atoms with Crippen molar-refractivity contribution in [2.75, 3.05) is 20.8 Å². The number of primary amides is 1. The van der Waals surface area contributed by atoms with Crippen LogP contribution in [0.5, 0.6) is 11.5 Å². The highest BCUT2D eigenvalue weighted by Gasteiger charge is 2.30. The van der Waals surface area contributed by atoms with Gasteiger partial charge in [0, 0.05) is 48.0 Å². The molecule has 0 aliphatic carbocycles. The Morgan fingerprint density at radius 2 is 1.96 bits per heavy atom. The van der Waals surface area contributed by atoms with Gasteiger partial charge in [-0.2, -0.15) is 0 Å². The second kappa shape index (κ2) is 7.83. The molecule has 1 amide bonds. The zero-order valence-corrected chi connectivity index (χ0v) is 15.5. The number of nitro benzene ring substituents is 1. The summed E-state index contributed by atoms with van der Waals surface area (Å²) in [6.07, 6.45) is -0.835. The number of carbonyl (C=O) groups is 1. The number of hydrogen-bond donors (Lipinski definition) is 2. The molecule has 0 fully saturated rings. The fourth-order valence-electron chi connectivity index (χ4n) is 3.53. The maximum Gasteiger partial charge on any atom is 0.274 e. The minimum absolute atomic E-state index is 0.0749. The lowest BCUT2D eigenvalue weighted by atomic mass is 9.94. The molecule has 0 saturated heterocycles. The number of β-amino-alcohol motifs (C(OH)–C–C–N with tert-alkyl or cyclic N) is 1. The molecule has 3 rings (SSSR count). The van der Waals surface area contributed by atoms with Gasteiger partial charge in [0.2, 0.25) is 5.91 Å². The summed E-state index contributed by atoms with van der Waals surface area (Å²) in [6, 6.07) is 7.66. The molecular weight excluding hydrogens is 366 g/mol. The van der Waals surface area contributed by atoms with Crippen LogP contribution in [0.3, 0.4) is 0 Å². The van der Waals surface area contributed by atoms with Gasteiger partial charge in [0.25, 0.3) is 5.69 Å². The fourth-order valence-corrected chi connectivity index (χ4v) is 3.53. The van der Waals surface area contributed by atoms with Crippen LogP contribution in [-0.4, -0.2) is 41.6 Å². The van der Waals surface area contributed by atoms with E-state index in [9.17, 15) is 20.0 Å². The van der Waals surface area contributed by atoms with E-state index in [1.165, 1.54) is 25.3 Å². The molecule has 0 saturated carbocycles. The molecule has 1 heterocycles. The summed E-state index contributed by atoms with van der Waals surface area (Å²) in [4.78, 5) is 24.1. The van der Waals surface area contributed by atoms with E-state index in [2.05, 4.69) is 0 Å². The average Bonchev–Trinajstić information content (AvgIpc) is 2.67. The molecule has 0 spiro atoms. The van der Waals surface area contributed by atoms with Gasteiger partial charge >= 0.3 is 0 Å². The summed E-state index contributed by atoms with van der Waals surface area (Å²) in [5, 5.41) is 22.1. The molecule has 148 valence electrons. The highest BCUT2D eigenvalue weighted by molar-refractivity contribution is 5.93. The van der Waals surface area contributed by atoms with E-state index >= 15 is 0 Å². The van der Waals surface area contributed by atoms with E-state index in [1.807, 2.05) is 4.90 Å². The maximum absolute atomic E-state index is 11.4. The predicted octanol–water partition coefficient (Wildman–Crippen LogP) is 1.76. The lowest BCUT2D eigenvalue weighted by Crippen LogP contribution is -2.34. The van der Waals surface area contributed by atoms with Crippen LogP contribution < -0.4 is 15.2 Å². The summed E-state index contributed by atoms with van der Waals surface area (Å²) in [7, 11) is 3.08. The van der Waals surface area contributed by atoms with Crippen molar-refractivity contribution in [2.24, 2.45) is 5.73 Å². The number of methoxy groups -OCH3 is 2. The quantitative estimate of drug-likeness (QED) is 0.571. The second-order valence-electron chi connectivity index (χ2n) is 6.51. The maximum atomic E-state index is 11.4. The molecule has 3 N–H and O–H groups in total. The number of rotatable bonds is 6. The predicted molar refractivity (Wildman–Crippen MR) is 100 cm³/mol. The monoisotopic (exact) mass is 387 g/mol. The van der Waals surface area contributed by atoms with E-state index in [0.29, 0.717) is 29.2 Å². The highest BCUT2D eigenvalue weighted by atomic mass is 16.6. The van der Waals surface area contributed by atoms with Crippen LogP contribution in [0.2, 0.25) is 0 Å². The van der Waals surface area contributed by atoms with E-state index in [4.69, 9.17) is 15.2 Å². The molecule has 0 aromatic heterocycles. The van der Waals surface area contributed by atoms with Gasteiger partial charge in [-0.25, -0.2) is 0 Å². The first kappa shape index (κ1) is 19.6. The number of nitrogens with zero attached hydrogens (tertiary/aromatic N) is 2. The van der Waals surface area contributed by atoms with Crippen molar-refractivity contribution in [3.8, 4) is 11.5 Å². The standard InChI is InChI=1S/C19H21N3O6/c1-27-16-5-6-17(28-2)18-13(16)9-21(10-15(18)23)8-12-4-3-11(19(20)24)7-14(12)22(25)26/h3-7,15,23H,8-10H2,1-2H3,(H2,20,24)/t15-/m1/s1. The molecule has 2 aromatic rings. The Hall–Kier alpha value is -3.17. The Labute approximate surface area is 161 Å². The zero-order valence-electron chi connectivity index (χ0n) is 15.5. The minimum Gasteiger partial charge on any atom is -0.496 e. The summed E-state index contributed by atoms with van der Waals surface area (Å²) in [5.74, 6) is 0.451. The first-order valence-corrected chi connectivity index (χ1v) is 8.57. The van der Waals surface area contributed by atoms with Crippen LogP contribution in [0.4, 0.5) is 5.69 Å². The number of hydrogen-bond acceptors (Lipinski definition) is 7. The Morgan fingerprint density at radius 3 is 2.57 bits per heavy atom. The van der Waals surface area contributed by atoms with Crippen molar-refractivity contribution < 1.29 is 24.3 Å². The first-order chi connectivity index (χ1) is 13.3. The topological polar surface area (TPSA) is 128 Å². The Morgan fingerprint density at radius 1 is 1.29 bits per heavy atom. The molecule has 28 heavy (non-hydrogen) atoms. The van der Waals surface area contributed by atoms with E-state index < -0.39 is 16.9 Å². The van der Waals surface area contributed by atoms with Crippen molar-refractivity contribution in [1.82, 2.24) is 4.90 Å². The molecule has 9 nitrogen and oxygen atoms in total. The van der Waals surface area contributed by atoms with Crippen LogP contribution in [-0.2, 0) is 13.1 Å². The van der Waals surface area contributed by atoms with Gasteiger partial charge in [0.15, 0.2) is 0 Å². The fraction of sp³-hybridized carbons (Fsp3) is 0.316. The summed E-state index contributed by atoms with van der Waals surface area (Å²) < 4.78 is 10.8. The first-order valence-electron chi connectivity index (χ1n) is 8.57. The van der Waals surface area contributed by atoms with Gasteiger partial charge in [-0.15, -0.1) is 0 Å². The molecule has 2 aromatic carbocycles. The van der Waals surface area contributed by atoms with Gasteiger partial charge in [0.05, 0.1) is 25.2 Å². The van der Waals surface area contributed by atoms with Crippen LogP contribution in [0.15, 0.2) is 30.3 Å². The van der Waals surface area contributed by atoms with Gasteiger partial charge in [-0.3, -0.25) is 19.8 Å². The molecule has 1 aliphatic heterocycles. The minimum atomic E-state index is -0.835. The molecular formula is C19H21N3O6. The van der Waals surface area contributed by atoms with Gasteiger partial charge in [-0.05, 0) is 18.2 Å². The molecule has 0 bridgehead atoms. The van der Waals surface area contributed by atoms with Gasteiger partial charge in [-0.1, -0.05) is 6.07 Å². The molecule has 0 radical (unpaired) electrons. The zero-order chi connectivity index (χ0) is 20.4. The average molecular weight is 387 g/mol. The number of aliphatic hydroxyl groups excluding tert-OH is 1. The smallest absolute Gasteiger partial charge is 0.274 e. The third kappa shape index (κ3) is 3.62. The highest BCUT2D eigenvalue weighted by Crippen LogP contribution is 2.40. The second-order valence-corrected chi connectivity index (χ2v) is 6.51. The summed E-state index contributed by atoms with van der Waals surface area (Å²) in [6.45, 7) is 0.902. The lowest BCUT2D eigenvalue weighted by molar-refractivity contribution is -0.385. The largest absolute Gasteiger partial charge is 0.496 e. The molecule has 9 heteroatoms. The van der Waals surface area contributed by atoms with E-state index in [-0.39, 0.29) is 24.3 Å². The number of nitrogens with two attached hydrogens (primary N) is 1. The number of ether oxygens (including phenoxy) is 2. The van der Waals surface area contributed by atoms with Crippen LogP contribution in [0.25, 0.3) is 0 Å². The number of carbonyl (C=O) groups excluding carboxylic acids is 1. The number of fused-ring (bicyclic) bond motifs is 1. The lowest BCUT2D eigenvalue weighted by Gasteiger charge is -2.33. The van der Waals surface area contributed by atoms with E-state index in [0.717, 1.165) is 5.56 Å². The van der Waals surface area contributed by atoms with Gasteiger partial charge in [0.1, 0.15) is 11.5 Å². The Bertz CT molecular complexity index is 930. The third-order valence-corrected chi connectivity index (χ3v) is 4.82. The number of aliphatic hydroxyl groups is 1. The molecule has 1 aliphatic rings. The van der Waals surface area contributed by atoms with Crippen molar-refractivity contribution in [3.63, 3.8) is 0 Å². The summed E-state index contributed by atoms with van der Waals surface area (Å²) >= 11 is 0. The van der Waals surface area contributed by atoms with Crippen LogP contribution in [0.1, 0.15) is 33.2 Å². The van der Waals surface area contributed by atoms with Crippen molar-refractivity contribution in [2.45, 2.75) is 19.2 Å². The molecule has 0 unspecified atom stereocenters. The van der Waals surface area contributed by atoms with E-state index in [1.54, 1.807) is 19.2 Å². The Balaban J connectivity index is 1.94. The number of nitro groups is 1. The number of benzene rings is 2. The van der Waals surface area contributed by atoms with Crippen LogP contribution in [0, 0.1) is 10.1 Å². The SMILES string of the molecule is COc1ccc(OC)c2c1CN(Cc1ccc(C(N)=O)cc1[N+](=O)[O-])C[C@H]2O. The van der Waals surface area contributed by atoms with Crippen molar-refractivity contribution in [3.05, 3.63) is 62.7 Å². The normalized spacial score (nSPS) is 16.3. The Kier molecular flexibility index (Phi) is 5.48. The van der Waals surface area contributed by atoms with Crippen molar-refractivity contribution in [1.29, 1.82) is 0 Å². The van der Waals surface area contributed by atoms with Crippen LogP contribution >= 0.6 is 0 Å².